The maximum absolute atomic E-state index is 12.9. The molecule has 2 aliphatic rings. The number of benzene rings is 1. The Balaban J connectivity index is 1.18. The Hall–Kier alpha value is -2.39. The fraction of sp³-hybridized carbons (Fsp3) is 0.450. The van der Waals surface area contributed by atoms with Gasteiger partial charge >= 0.3 is 0 Å². The number of thioether (sulfide) groups is 1. The molecule has 1 aromatic carbocycles. The number of imidazole rings is 1. The van der Waals surface area contributed by atoms with Crippen LogP contribution < -0.4 is 5.32 Å². The van der Waals surface area contributed by atoms with Crippen molar-refractivity contribution in [2.45, 2.75) is 24.0 Å². The van der Waals surface area contributed by atoms with Crippen molar-refractivity contribution >= 4 is 29.3 Å². The number of nitrogens with one attached hydrogen (secondary N) is 1. The maximum atomic E-state index is 12.9. The van der Waals surface area contributed by atoms with Crippen LogP contribution in [-0.2, 0) is 9.59 Å². The van der Waals surface area contributed by atoms with Gasteiger partial charge in [0.15, 0.2) is 5.16 Å². The second kappa shape index (κ2) is 8.96. The highest BCUT2D eigenvalue weighted by Gasteiger charge is 2.27. The second-order valence-corrected chi connectivity index (χ2v) is 8.29. The number of rotatable bonds is 7. The molecule has 1 N–H and O–H groups in total. The number of carbonyl (C=O) groups is 2. The van der Waals surface area contributed by atoms with Gasteiger partial charge < -0.3 is 14.8 Å². The van der Waals surface area contributed by atoms with Crippen molar-refractivity contribution in [1.82, 2.24) is 19.4 Å². The van der Waals surface area contributed by atoms with Gasteiger partial charge in [0.05, 0.1) is 12.3 Å². The van der Waals surface area contributed by atoms with Gasteiger partial charge in [-0.15, -0.1) is 0 Å². The van der Waals surface area contributed by atoms with Gasteiger partial charge in [0.1, 0.15) is 5.82 Å². The van der Waals surface area contributed by atoms with E-state index < -0.39 is 0 Å². The summed E-state index contributed by atoms with van der Waals surface area (Å²) >= 11 is 1.49. The molecule has 9 heteroatoms. The number of aromatic nitrogens is 2. The lowest BCUT2D eigenvalue weighted by Crippen LogP contribution is -2.50. The molecule has 0 bridgehead atoms. The zero-order chi connectivity index (χ0) is 20.2. The first-order valence-electron chi connectivity index (χ1n) is 9.79. The summed E-state index contributed by atoms with van der Waals surface area (Å²) in [6.45, 7) is 2.79. The first-order chi connectivity index (χ1) is 14.1. The summed E-state index contributed by atoms with van der Waals surface area (Å²) in [5.41, 5.74) is 0.576. The molecule has 2 heterocycles. The van der Waals surface area contributed by atoms with E-state index in [1.54, 1.807) is 6.20 Å². The Kier molecular flexibility index (Phi) is 6.15. The molecule has 2 amide bonds. The van der Waals surface area contributed by atoms with Crippen molar-refractivity contribution in [2.24, 2.45) is 0 Å². The molecule has 1 aliphatic carbocycles. The third-order valence-electron chi connectivity index (χ3n) is 5.12. The second-order valence-electron chi connectivity index (χ2n) is 7.35. The minimum Gasteiger partial charge on any atom is -0.339 e. The fourth-order valence-electron chi connectivity index (χ4n) is 3.35. The average molecular weight is 418 g/mol. The quantitative estimate of drug-likeness (QED) is 0.700. The van der Waals surface area contributed by atoms with Gasteiger partial charge in [0.2, 0.25) is 11.8 Å². The highest BCUT2D eigenvalue weighted by atomic mass is 32.2. The molecule has 0 radical (unpaired) electrons. The van der Waals surface area contributed by atoms with Crippen molar-refractivity contribution in [3.63, 3.8) is 0 Å². The van der Waals surface area contributed by atoms with E-state index in [-0.39, 0.29) is 24.2 Å². The van der Waals surface area contributed by atoms with Gasteiger partial charge in [-0.05, 0) is 37.1 Å². The number of carbonyl (C=O) groups excluding carboxylic acids is 2. The Morgan fingerprint density at radius 3 is 2.55 bits per heavy atom. The van der Waals surface area contributed by atoms with Gasteiger partial charge in [-0.25, -0.2) is 9.37 Å². The van der Waals surface area contributed by atoms with Crippen molar-refractivity contribution in [1.29, 1.82) is 0 Å². The Bertz CT molecular complexity index is 860. The Morgan fingerprint density at radius 2 is 1.86 bits per heavy atom. The van der Waals surface area contributed by atoms with E-state index in [0.29, 0.717) is 43.7 Å². The zero-order valence-electron chi connectivity index (χ0n) is 16.1. The maximum Gasteiger partial charge on any atom is 0.238 e. The highest BCUT2D eigenvalue weighted by Crippen LogP contribution is 2.37. The molecule has 1 aromatic heterocycles. The highest BCUT2D eigenvalue weighted by molar-refractivity contribution is 7.99. The van der Waals surface area contributed by atoms with Crippen LogP contribution in [0.3, 0.4) is 0 Å². The average Bonchev–Trinajstić information content (AvgIpc) is 3.46. The number of nitrogens with zero attached hydrogens (tertiary/aromatic N) is 4. The summed E-state index contributed by atoms with van der Waals surface area (Å²) in [6, 6.07) is 6.26. The molecule has 1 aliphatic heterocycles. The van der Waals surface area contributed by atoms with Crippen LogP contribution in [-0.4, -0.2) is 69.6 Å². The van der Waals surface area contributed by atoms with Crippen LogP contribution in [0, 0.1) is 5.82 Å². The molecule has 4 rings (SSSR count). The van der Waals surface area contributed by atoms with E-state index in [0.717, 1.165) is 5.16 Å². The topological polar surface area (TPSA) is 70.5 Å². The largest absolute Gasteiger partial charge is 0.339 e. The van der Waals surface area contributed by atoms with Crippen molar-refractivity contribution < 1.29 is 14.0 Å². The summed E-state index contributed by atoms with van der Waals surface area (Å²) in [5.74, 6) is 0.0162. The third-order valence-corrected chi connectivity index (χ3v) is 6.08. The minimum absolute atomic E-state index is 0.107. The molecule has 2 aromatic rings. The standard InChI is InChI=1S/C20H24FN5O2S/c21-15-1-3-16(4-2-15)23-18(27)13-24-9-11-25(12-10-24)19(28)14-29-20-22-7-8-26(20)17-5-6-17/h1-4,7-8,17H,5-6,9-14H2,(H,23,27). The Labute approximate surface area is 173 Å². The number of hydrogen-bond donors (Lipinski definition) is 1. The molecule has 0 spiro atoms. The normalized spacial score (nSPS) is 17.3. The summed E-state index contributed by atoms with van der Waals surface area (Å²) in [4.78, 5) is 32.9. The van der Waals surface area contributed by atoms with Crippen molar-refractivity contribution in [2.75, 3.05) is 43.8 Å². The van der Waals surface area contributed by atoms with E-state index in [1.165, 1.54) is 48.9 Å². The monoisotopic (exact) mass is 417 g/mol. The molecular weight excluding hydrogens is 393 g/mol. The molecule has 2 fully saturated rings. The minimum atomic E-state index is -0.335. The van der Waals surface area contributed by atoms with Crippen LogP contribution in [0.2, 0.25) is 0 Å². The Morgan fingerprint density at radius 1 is 1.14 bits per heavy atom. The van der Waals surface area contributed by atoms with Gasteiger partial charge in [0, 0.05) is 50.3 Å². The predicted molar refractivity (Wildman–Crippen MR) is 109 cm³/mol. The molecule has 0 unspecified atom stereocenters. The zero-order valence-corrected chi connectivity index (χ0v) is 16.9. The third kappa shape index (κ3) is 5.36. The molecule has 7 nitrogen and oxygen atoms in total. The van der Waals surface area contributed by atoms with Crippen LogP contribution in [0.1, 0.15) is 18.9 Å². The first kappa shape index (κ1) is 19.9. The number of piperazine rings is 1. The number of hydrogen-bond acceptors (Lipinski definition) is 5. The van der Waals surface area contributed by atoms with Crippen LogP contribution in [0.4, 0.5) is 10.1 Å². The smallest absolute Gasteiger partial charge is 0.238 e. The molecule has 1 saturated heterocycles. The first-order valence-corrected chi connectivity index (χ1v) is 10.8. The molecule has 0 atom stereocenters. The van der Waals surface area contributed by atoms with Crippen LogP contribution >= 0.6 is 11.8 Å². The van der Waals surface area contributed by atoms with Gasteiger partial charge in [-0.2, -0.15) is 0 Å². The molecule has 29 heavy (non-hydrogen) atoms. The lowest BCUT2D eigenvalue weighted by molar-refractivity contribution is -0.130. The summed E-state index contributed by atoms with van der Waals surface area (Å²) in [7, 11) is 0. The van der Waals surface area contributed by atoms with Gasteiger partial charge in [0.25, 0.3) is 0 Å². The molecule has 154 valence electrons. The predicted octanol–water partition coefficient (Wildman–Crippen LogP) is 2.23. The van der Waals surface area contributed by atoms with Gasteiger partial charge in [-0.3, -0.25) is 14.5 Å². The van der Waals surface area contributed by atoms with E-state index in [9.17, 15) is 14.0 Å². The fourth-order valence-corrected chi connectivity index (χ4v) is 4.28. The summed E-state index contributed by atoms with van der Waals surface area (Å²) in [5, 5.41) is 3.68. The van der Waals surface area contributed by atoms with E-state index in [1.807, 2.05) is 16.0 Å². The number of halogens is 1. The van der Waals surface area contributed by atoms with Crippen LogP contribution in [0.15, 0.2) is 41.8 Å². The van der Waals surface area contributed by atoms with Crippen LogP contribution in [0.5, 0.6) is 0 Å². The number of anilines is 1. The van der Waals surface area contributed by atoms with Crippen molar-refractivity contribution in [3.05, 3.63) is 42.5 Å². The number of amides is 2. The van der Waals surface area contributed by atoms with E-state index in [4.69, 9.17) is 0 Å². The summed E-state index contributed by atoms with van der Waals surface area (Å²) < 4.78 is 15.1. The molecular formula is C20H24FN5O2S. The van der Waals surface area contributed by atoms with E-state index >= 15 is 0 Å². The lowest BCUT2D eigenvalue weighted by atomic mass is 10.3. The van der Waals surface area contributed by atoms with Crippen LogP contribution in [0.25, 0.3) is 0 Å². The van der Waals surface area contributed by atoms with Gasteiger partial charge in [-0.1, -0.05) is 11.8 Å². The SMILES string of the molecule is O=C(CN1CCN(C(=O)CSc2nccn2C2CC2)CC1)Nc1ccc(F)cc1. The summed E-state index contributed by atoms with van der Waals surface area (Å²) in [6.07, 6.45) is 6.16. The molecule has 1 saturated carbocycles. The van der Waals surface area contributed by atoms with E-state index in [2.05, 4.69) is 14.9 Å². The van der Waals surface area contributed by atoms with Crippen molar-refractivity contribution in [3.8, 4) is 0 Å². The lowest BCUT2D eigenvalue weighted by Gasteiger charge is -2.34.